The van der Waals surface area contributed by atoms with Gasteiger partial charge in [0.1, 0.15) is 5.82 Å². The number of hydrogen-bond donors (Lipinski definition) is 1. The van der Waals surface area contributed by atoms with Crippen molar-refractivity contribution in [3.05, 3.63) is 29.6 Å². The van der Waals surface area contributed by atoms with Crippen molar-refractivity contribution in [3.63, 3.8) is 0 Å². The average Bonchev–Trinajstić information content (AvgIpc) is 2.38. The van der Waals surface area contributed by atoms with E-state index in [-0.39, 0.29) is 17.5 Å². The second kappa shape index (κ2) is 5.47. The number of anilines is 1. The highest BCUT2D eigenvalue weighted by molar-refractivity contribution is 5.55. The lowest BCUT2D eigenvalue weighted by Crippen LogP contribution is -2.47. The van der Waals surface area contributed by atoms with Gasteiger partial charge in [0.15, 0.2) is 0 Å². The van der Waals surface area contributed by atoms with Crippen LogP contribution < -0.4 is 10.6 Å². The van der Waals surface area contributed by atoms with Crippen molar-refractivity contribution in [3.8, 4) is 0 Å². The van der Waals surface area contributed by atoms with Crippen LogP contribution in [-0.2, 0) is 4.74 Å². The van der Waals surface area contributed by atoms with E-state index in [1.54, 1.807) is 13.2 Å². The molecule has 1 aromatic carbocycles. The van der Waals surface area contributed by atoms with Gasteiger partial charge >= 0.3 is 0 Å². The third kappa shape index (κ3) is 3.07. The summed E-state index contributed by atoms with van der Waals surface area (Å²) in [6, 6.07) is 4.69. The molecular formula is C15H23FN2O. The van der Waals surface area contributed by atoms with Crippen molar-refractivity contribution < 1.29 is 9.13 Å². The fraction of sp³-hybridized carbons (Fsp3) is 0.600. The zero-order valence-electron chi connectivity index (χ0n) is 11.9. The van der Waals surface area contributed by atoms with Gasteiger partial charge < -0.3 is 15.4 Å². The standard InChI is InChI=1S/C15H23FN2O/c1-11(17)13-9-12(16)5-6-14(13)18-8-4-7-15(2,10-18)19-3/h5-6,9,11H,4,7-8,10,17H2,1-3H3/t11-,15?/m0/s1. The van der Waals surface area contributed by atoms with Crippen molar-refractivity contribution >= 4 is 5.69 Å². The molecule has 0 saturated carbocycles. The van der Waals surface area contributed by atoms with Crippen LogP contribution in [0, 0.1) is 5.82 Å². The van der Waals surface area contributed by atoms with Gasteiger partial charge in [0.25, 0.3) is 0 Å². The zero-order valence-corrected chi connectivity index (χ0v) is 11.9. The minimum Gasteiger partial charge on any atom is -0.377 e. The summed E-state index contributed by atoms with van der Waals surface area (Å²) in [5, 5.41) is 0. The summed E-state index contributed by atoms with van der Waals surface area (Å²) in [7, 11) is 1.75. The molecule has 0 aliphatic carbocycles. The monoisotopic (exact) mass is 266 g/mol. The van der Waals surface area contributed by atoms with Gasteiger partial charge in [-0.15, -0.1) is 0 Å². The van der Waals surface area contributed by atoms with Crippen molar-refractivity contribution in [1.82, 2.24) is 0 Å². The van der Waals surface area contributed by atoms with E-state index in [1.807, 2.05) is 13.0 Å². The fourth-order valence-electron chi connectivity index (χ4n) is 2.76. The molecule has 1 unspecified atom stereocenters. The van der Waals surface area contributed by atoms with Crippen molar-refractivity contribution in [2.24, 2.45) is 5.73 Å². The molecule has 4 heteroatoms. The molecule has 1 aromatic rings. The smallest absolute Gasteiger partial charge is 0.123 e. The first kappa shape index (κ1) is 14.3. The third-order valence-corrected chi connectivity index (χ3v) is 3.97. The molecule has 0 aromatic heterocycles. The van der Waals surface area contributed by atoms with E-state index in [0.29, 0.717) is 0 Å². The predicted octanol–water partition coefficient (Wildman–Crippen LogP) is 2.85. The summed E-state index contributed by atoms with van der Waals surface area (Å²) in [4.78, 5) is 2.26. The molecule has 0 amide bonds. The van der Waals surface area contributed by atoms with Gasteiger partial charge in [-0.3, -0.25) is 0 Å². The highest BCUT2D eigenvalue weighted by Crippen LogP contribution is 2.32. The lowest BCUT2D eigenvalue weighted by molar-refractivity contribution is -0.00469. The average molecular weight is 266 g/mol. The Balaban J connectivity index is 2.31. The van der Waals surface area contributed by atoms with Crippen molar-refractivity contribution in [2.45, 2.75) is 38.3 Å². The molecule has 1 saturated heterocycles. The molecule has 3 nitrogen and oxygen atoms in total. The highest BCUT2D eigenvalue weighted by Gasteiger charge is 2.31. The molecule has 1 aliphatic rings. The summed E-state index contributed by atoms with van der Waals surface area (Å²) in [6.45, 7) is 5.78. The van der Waals surface area contributed by atoms with E-state index in [2.05, 4.69) is 11.8 Å². The summed E-state index contributed by atoms with van der Waals surface area (Å²) in [5.41, 5.74) is 7.72. The molecule has 2 rings (SSSR count). The van der Waals surface area contributed by atoms with Gasteiger partial charge in [0.2, 0.25) is 0 Å². The van der Waals surface area contributed by atoms with E-state index < -0.39 is 0 Å². The van der Waals surface area contributed by atoms with E-state index >= 15 is 0 Å². The molecule has 1 fully saturated rings. The van der Waals surface area contributed by atoms with Crippen LogP contribution in [0.3, 0.4) is 0 Å². The minimum atomic E-state index is -0.234. The molecule has 0 bridgehead atoms. The minimum absolute atomic E-state index is 0.137. The Morgan fingerprint density at radius 3 is 2.84 bits per heavy atom. The molecule has 2 atom stereocenters. The predicted molar refractivity (Wildman–Crippen MR) is 75.9 cm³/mol. The number of benzene rings is 1. The Kier molecular flexibility index (Phi) is 4.11. The van der Waals surface area contributed by atoms with Gasteiger partial charge in [0, 0.05) is 31.9 Å². The molecule has 1 aliphatic heterocycles. The number of methoxy groups -OCH3 is 1. The number of rotatable bonds is 3. The Morgan fingerprint density at radius 2 is 2.21 bits per heavy atom. The Labute approximate surface area is 114 Å². The summed E-state index contributed by atoms with van der Waals surface area (Å²) < 4.78 is 19.0. The van der Waals surface area contributed by atoms with Gasteiger partial charge in [-0.05, 0) is 50.5 Å². The van der Waals surface area contributed by atoms with E-state index in [9.17, 15) is 4.39 Å². The SMILES string of the molecule is COC1(C)CCCN(c2ccc(F)cc2[C@H](C)N)C1. The van der Waals surface area contributed by atoms with E-state index in [4.69, 9.17) is 10.5 Å². The van der Waals surface area contributed by atoms with Crippen LogP contribution in [0.25, 0.3) is 0 Å². The summed E-state index contributed by atoms with van der Waals surface area (Å²) in [5.74, 6) is -0.234. The number of nitrogens with two attached hydrogens (primary N) is 1. The third-order valence-electron chi connectivity index (χ3n) is 3.97. The molecule has 106 valence electrons. The summed E-state index contributed by atoms with van der Waals surface area (Å²) in [6.07, 6.45) is 2.12. The largest absolute Gasteiger partial charge is 0.377 e. The van der Waals surface area contributed by atoms with Gasteiger partial charge in [-0.1, -0.05) is 0 Å². The number of piperidine rings is 1. The maximum atomic E-state index is 13.4. The van der Waals surface area contributed by atoms with Crippen LogP contribution in [0.2, 0.25) is 0 Å². The van der Waals surface area contributed by atoms with Crippen LogP contribution in [0.4, 0.5) is 10.1 Å². The maximum absolute atomic E-state index is 13.4. The van der Waals surface area contributed by atoms with Gasteiger partial charge in [-0.2, -0.15) is 0 Å². The number of nitrogens with zero attached hydrogens (tertiary/aromatic N) is 1. The number of hydrogen-bond acceptors (Lipinski definition) is 3. The van der Waals surface area contributed by atoms with Crippen LogP contribution in [0.1, 0.15) is 38.3 Å². The first-order chi connectivity index (χ1) is 8.95. The van der Waals surface area contributed by atoms with E-state index in [1.165, 1.54) is 6.07 Å². The Morgan fingerprint density at radius 1 is 1.47 bits per heavy atom. The Hall–Kier alpha value is -1.13. The summed E-state index contributed by atoms with van der Waals surface area (Å²) >= 11 is 0. The molecule has 0 radical (unpaired) electrons. The number of halogens is 1. The lowest BCUT2D eigenvalue weighted by Gasteiger charge is -2.41. The van der Waals surface area contributed by atoms with Crippen LogP contribution >= 0.6 is 0 Å². The number of ether oxygens (including phenoxy) is 1. The van der Waals surface area contributed by atoms with Crippen LogP contribution in [-0.4, -0.2) is 25.8 Å². The normalized spacial score (nSPS) is 25.4. The highest BCUT2D eigenvalue weighted by atomic mass is 19.1. The lowest BCUT2D eigenvalue weighted by atomic mass is 9.93. The molecule has 19 heavy (non-hydrogen) atoms. The second-order valence-corrected chi connectivity index (χ2v) is 5.67. The topological polar surface area (TPSA) is 38.5 Å². The quantitative estimate of drug-likeness (QED) is 0.914. The molecule has 1 heterocycles. The molecule has 0 spiro atoms. The van der Waals surface area contributed by atoms with Crippen LogP contribution in [0.5, 0.6) is 0 Å². The van der Waals surface area contributed by atoms with Gasteiger partial charge in [-0.25, -0.2) is 4.39 Å². The van der Waals surface area contributed by atoms with Gasteiger partial charge in [0.05, 0.1) is 5.60 Å². The zero-order chi connectivity index (χ0) is 14.0. The maximum Gasteiger partial charge on any atom is 0.123 e. The van der Waals surface area contributed by atoms with E-state index in [0.717, 1.165) is 37.2 Å². The first-order valence-electron chi connectivity index (χ1n) is 6.80. The molecule has 2 N–H and O–H groups in total. The molecular weight excluding hydrogens is 243 g/mol. The van der Waals surface area contributed by atoms with Crippen molar-refractivity contribution in [2.75, 3.05) is 25.1 Å². The van der Waals surface area contributed by atoms with Crippen LogP contribution in [0.15, 0.2) is 18.2 Å². The van der Waals surface area contributed by atoms with Crippen molar-refractivity contribution in [1.29, 1.82) is 0 Å². The first-order valence-corrected chi connectivity index (χ1v) is 6.80. The fourth-order valence-corrected chi connectivity index (χ4v) is 2.76. The second-order valence-electron chi connectivity index (χ2n) is 5.67. The Bertz CT molecular complexity index is 450.